The number of methoxy groups -OCH3 is 1. The number of hydrogen-bond acceptors (Lipinski definition) is 4. The van der Waals surface area contributed by atoms with Crippen LogP contribution in [0.25, 0.3) is 0 Å². The third kappa shape index (κ3) is 3.93. The number of carbonyl (C=O) groups is 2. The number of aliphatic carboxylic acids is 1. The average Bonchev–Trinajstić information content (AvgIpc) is 2.36. The number of carbonyl (C=O) groups excluding carboxylic acids is 1. The summed E-state index contributed by atoms with van der Waals surface area (Å²) in [7, 11) is 1.26. The Labute approximate surface area is 105 Å². The molecular formula is C13H15NO4. The lowest BCUT2D eigenvalue weighted by Gasteiger charge is -2.16. The molecule has 0 spiro atoms. The molecular weight excluding hydrogens is 234 g/mol. The third-order valence-corrected chi connectivity index (χ3v) is 2.29. The topological polar surface area (TPSA) is 75.6 Å². The molecule has 1 unspecified atom stereocenters. The number of hydrogen-bond donors (Lipinski definition) is 2. The van der Waals surface area contributed by atoms with E-state index >= 15 is 0 Å². The molecule has 1 atom stereocenters. The maximum absolute atomic E-state index is 11.2. The van der Waals surface area contributed by atoms with Crippen LogP contribution in [-0.4, -0.2) is 24.2 Å². The van der Waals surface area contributed by atoms with Crippen LogP contribution in [0.1, 0.15) is 18.5 Å². The molecule has 0 saturated heterocycles. The first-order valence-electron chi connectivity index (χ1n) is 5.35. The van der Waals surface area contributed by atoms with Crippen molar-refractivity contribution >= 4 is 11.9 Å². The molecule has 0 aliphatic carbocycles. The van der Waals surface area contributed by atoms with Crippen molar-refractivity contribution in [3.8, 4) is 0 Å². The summed E-state index contributed by atoms with van der Waals surface area (Å²) < 4.78 is 4.47. The van der Waals surface area contributed by atoms with Crippen LogP contribution in [0, 0.1) is 0 Å². The Balaban J connectivity index is 2.86. The number of carboxylic acid groups (broad SMARTS) is 1. The van der Waals surface area contributed by atoms with Crippen molar-refractivity contribution in [2.24, 2.45) is 0 Å². The van der Waals surface area contributed by atoms with Gasteiger partial charge in [-0.15, -0.1) is 0 Å². The van der Waals surface area contributed by atoms with Crippen LogP contribution < -0.4 is 5.32 Å². The fraction of sp³-hybridized carbons (Fsp3) is 0.231. The van der Waals surface area contributed by atoms with E-state index in [4.69, 9.17) is 5.11 Å². The minimum absolute atomic E-state index is 0.429. The molecule has 1 rings (SSSR count). The molecule has 18 heavy (non-hydrogen) atoms. The quantitative estimate of drug-likeness (QED) is 0.610. The maximum atomic E-state index is 11.2. The predicted octanol–water partition coefficient (Wildman–Crippen LogP) is 1.48. The molecule has 0 bridgehead atoms. The lowest BCUT2D eigenvalue weighted by molar-refractivity contribution is -0.139. The van der Waals surface area contributed by atoms with Crippen molar-refractivity contribution in [1.29, 1.82) is 0 Å². The molecule has 0 fully saturated rings. The number of carboxylic acids is 1. The summed E-state index contributed by atoms with van der Waals surface area (Å²) in [4.78, 5) is 22.2. The molecule has 1 aromatic rings. The van der Waals surface area contributed by atoms with E-state index in [2.05, 4.69) is 10.1 Å². The molecule has 0 radical (unpaired) electrons. The Morgan fingerprint density at radius 1 is 1.33 bits per heavy atom. The predicted molar refractivity (Wildman–Crippen MR) is 65.7 cm³/mol. The highest BCUT2D eigenvalue weighted by Gasteiger charge is 2.19. The Kier molecular flexibility index (Phi) is 4.92. The van der Waals surface area contributed by atoms with Crippen LogP contribution in [0.3, 0.4) is 0 Å². The molecule has 0 heterocycles. The summed E-state index contributed by atoms with van der Waals surface area (Å²) in [6.45, 7) is 1.61. The fourth-order valence-corrected chi connectivity index (χ4v) is 1.44. The van der Waals surface area contributed by atoms with Crippen LogP contribution in [0.15, 0.2) is 42.1 Å². The lowest BCUT2D eigenvalue weighted by Crippen LogP contribution is -2.27. The SMILES string of the molecule is COC(=O)/C=C(\C)NC(C(=O)O)c1ccccc1. The second-order valence-corrected chi connectivity index (χ2v) is 3.68. The zero-order chi connectivity index (χ0) is 13.5. The van der Waals surface area contributed by atoms with Gasteiger partial charge in [-0.05, 0) is 12.5 Å². The van der Waals surface area contributed by atoms with Gasteiger partial charge in [0.05, 0.1) is 7.11 Å². The van der Waals surface area contributed by atoms with Crippen molar-refractivity contribution in [2.75, 3.05) is 7.11 Å². The van der Waals surface area contributed by atoms with Gasteiger partial charge in [-0.2, -0.15) is 0 Å². The Morgan fingerprint density at radius 3 is 2.44 bits per heavy atom. The summed E-state index contributed by atoms with van der Waals surface area (Å²) in [6.07, 6.45) is 1.21. The minimum Gasteiger partial charge on any atom is -0.479 e. The van der Waals surface area contributed by atoms with E-state index in [1.807, 2.05) is 0 Å². The summed E-state index contributed by atoms with van der Waals surface area (Å²) in [5.74, 6) is -1.55. The van der Waals surface area contributed by atoms with Gasteiger partial charge < -0.3 is 15.2 Å². The van der Waals surface area contributed by atoms with Crippen LogP contribution in [0.4, 0.5) is 0 Å². The first kappa shape index (κ1) is 13.8. The van der Waals surface area contributed by atoms with Gasteiger partial charge in [-0.3, -0.25) is 0 Å². The van der Waals surface area contributed by atoms with Gasteiger partial charge in [0.2, 0.25) is 0 Å². The van der Waals surface area contributed by atoms with Crippen molar-refractivity contribution in [3.05, 3.63) is 47.7 Å². The number of allylic oxidation sites excluding steroid dienone is 1. The molecule has 0 aliphatic rings. The Bertz CT molecular complexity index is 453. The first-order valence-corrected chi connectivity index (χ1v) is 5.35. The second kappa shape index (κ2) is 6.44. The van der Waals surface area contributed by atoms with Gasteiger partial charge in [0, 0.05) is 11.8 Å². The monoisotopic (exact) mass is 249 g/mol. The minimum atomic E-state index is -1.01. The van der Waals surface area contributed by atoms with E-state index in [9.17, 15) is 9.59 Å². The van der Waals surface area contributed by atoms with Gasteiger partial charge in [0.15, 0.2) is 0 Å². The number of nitrogens with one attached hydrogen (secondary N) is 1. The standard InChI is InChI=1S/C13H15NO4/c1-9(8-11(15)18-2)14-12(13(16)17)10-6-4-3-5-7-10/h3-8,12,14H,1-2H3,(H,16,17)/b9-8+. The van der Waals surface area contributed by atoms with Crippen molar-refractivity contribution in [2.45, 2.75) is 13.0 Å². The fourth-order valence-electron chi connectivity index (χ4n) is 1.44. The van der Waals surface area contributed by atoms with E-state index in [-0.39, 0.29) is 0 Å². The first-order chi connectivity index (χ1) is 8.54. The molecule has 5 nitrogen and oxygen atoms in total. The third-order valence-electron chi connectivity index (χ3n) is 2.29. The Hall–Kier alpha value is -2.30. The lowest BCUT2D eigenvalue weighted by atomic mass is 10.1. The van der Waals surface area contributed by atoms with Crippen molar-refractivity contribution in [3.63, 3.8) is 0 Å². The van der Waals surface area contributed by atoms with Crippen LogP contribution in [-0.2, 0) is 14.3 Å². The molecule has 1 aromatic carbocycles. The summed E-state index contributed by atoms with van der Waals surface area (Å²) in [6, 6.07) is 7.83. The van der Waals surface area contributed by atoms with E-state index < -0.39 is 18.0 Å². The van der Waals surface area contributed by atoms with Gasteiger partial charge in [0.1, 0.15) is 6.04 Å². The van der Waals surface area contributed by atoms with Crippen LogP contribution >= 0.6 is 0 Å². The summed E-state index contributed by atoms with van der Waals surface area (Å²) in [5, 5.41) is 11.9. The number of esters is 1. The number of rotatable bonds is 5. The number of benzene rings is 1. The molecule has 96 valence electrons. The van der Waals surface area contributed by atoms with E-state index in [0.717, 1.165) is 0 Å². The molecule has 0 saturated carbocycles. The highest BCUT2D eigenvalue weighted by atomic mass is 16.5. The molecule has 0 aliphatic heterocycles. The zero-order valence-electron chi connectivity index (χ0n) is 10.2. The summed E-state index contributed by atoms with van der Waals surface area (Å²) in [5.41, 5.74) is 1.04. The van der Waals surface area contributed by atoms with E-state index in [1.165, 1.54) is 13.2 Å². The second-order valence-electron chi connectivity index (χ2n) is 3.68. The van der Waals surface area contributed by atoms with Crippen molar-refractivity contribution < 1.29 is 19.4 Å². The highest BCUT2D eigenvalue weighted by molar-refractivity contribution is 5.83. The van der Waals surface area contributed by atoms with Crippen molar-refractivity contribution in [1.82, 2.24) is 5.32 Å². The smallest absolute Gasteiger partial charge is 0.332 e. The van der Waals surface area contributed by atoms with Crippen LogP contribution in [0.5, 0.6) is 0 Å². The largest absolute Gasteiger partial charge is 0.479 e. The normalized spacial score (nSPS) is 12.7. The van der Waals surface area contributed by atoms with Crippen LogP contribution in [0.2, 0.25) is 0 Å². The Morgan fingerprint density at radius 2 is 1.94 bits per heavy atom. The average molecular weight is 249 g/mol. The maximum Gasteiger partial charge on any atom is 0.332 e. The zero-order valence-corrected chi connectivity index (χ0v) is 10.2. The molecule has 5 heteroatoms. The highest BCUT2D eigenvalue weighted by Crippen LogP contribution is 2.14. The summed E-state index contributed by atoms with van der Waals surface area (Å²) >= 11 is 0. The van der Waals surface area contributed by atoms with Gasteiger partial charge in [-0.25, -0.2) is 9.59 Å². The van der Waals surface area contributed by atoms with Gasteiger partial charge >= 0.3 is 11.9 Å². The molecule has 2 N–H and O–H groups in total. The number of ether oxygens (including phenoxy) is 1. The van der Waals surface area contributed by atoms with Gasteiger partial charge in [-0.1, -0.05) is 30.3 Å². The van der Waals surface area contributed by atoms with E-state index in [1.54, 1.807) is 37.3 Å². The van der Waals surface area contributed by atoms with Gasteiger partial charge in [0.25, 0.3) is 0 Å². The molecule has 0 amide bonds. The molecule has 0 aromatic heterocycles. The van der Waals surface area contributed by atoms with E-state index in [0.29, 0.717) is 11.3 Å².